The molecule has 1 aromatic heterocycles. The molecule has 2 rings (SSSR count). The molecule has 2 aromatic rings. The van der Waals surface area contributed by atoms with E-state index in [1.54, 1.807) is 42.6 Å². The summed E-state index contributed by atoms with van der Waals surface area (Å²) >= 11 is 0. The Kier molecular flexibility index (Phi) is 3.91. The molecule has 5 heteroatoms. The minimum absolute atomic E-state index is 0.331. The number of H-pyrrole nitrogens is 1. The zero-order chi connectivity index (χ0) is 11.1. The third-order valence-corrected chi connectivity index (χ3v) is 1.54. The van der Waals surface area contributed by atoms with Crippen LogP contribution in [0.2, 0.25) is 0 Å². The van der Waals surface area contributed by atoms with Gasteiger partial charge in [-0.1, -0.05) is 18.2 Å². The Bertz CT molecular complexity index is 398. The van der Waals surface area contributed by atoms with Crippen LogP contribution in [0.1, 0.15) is 10.4 Å². The number of aromatic nitrogens is 2. The molecule has 0 bridgehead atoms. The van der Waals surface area contributed by atoms with Gasteiger partial charge in [0.1, 0.15) is 5.82 Å². The van der Waals surface area contributed by atoms with Gasteiger partial charge in [0.15, 0.2) is 0 Å². The van der Waals surface area contributed by atoms with Crippen molar-refractivity contribution in [3.05, 3.63) is 48.2 Å². The fourth-order valence-corrected chi connectivity index (χ4v) is 0.852. The number of rotatable bonds is 1. The second-order valence-corrected chi connectivity index (χ2v) is 2.67. The number of anilines is 1. The van der Waals surface area contributed by atoms with Crippen LogP contribution in [0, 0.1) is 0 Å². The molecule has 0 unspecified atom stereocenters. The van der Waals surface area contributed by atoms with Crippen LogP contribution in [0.4, 0.5) is 5.82 Å². The Morgan fingerprint density at radius 3 is 2.20 bits per heavy atom. The highest BCUT2D eigenvalue weighted by Crippen LogP contribution is 1.96. The maximum absolute atomic E-state index is 10.2. The normalized spacial score (nSPS) is 8.80. The average Bonchev–Trinajstić information content (AvgIpc) is 2.71. The number of nitrogens with two attached hydrogens (primary N) is 1. The molecule has 0 aliphatic carbocycles. The molecular formula is C10H11N3O2. The lowest BCUT2D eigenvalue weighted by Gasteiger charge is -1.88. The van der Waals surface area contributed by atoms with Gasteiger partial charge in [-0.15, -0.1) is 0 Å². The smallest absolute Gasteiger partial charge is 0.335 e. The molecule has 0 atom stereocenters. The van der Waals surface area contributed by atoms with Gasteiger partial charge in [0, 0.05) is 6.20 Å². The van der Waals surface area contributed by atoms with E-state index < -0.39 is 5.97 Å². The van der Waals surface area contributed by atoms with Gasteiger partial charge in [-0.25, -0.2) is 4.79 Å². The molecule has 0 aliphatic heterocycles. The quantitative estimate of drug-likeness (QED) is 0.655. The van der Waals surface area contributed by atoms with Crippen LogP contribution < -0.4 is 5.73 Å². The number of hydrogen-bond donors (Lipinski definition) is 3. The van der Waals surface area contributed by atoms with Gasteiger partial charge in [-0.05, 0) is 18.2 Å². The molecule has 1 heterocycles. The Hall–Kier alpha value is -2.30. The molecule has 0 fully saturated rings. The number of aromatic carboxylic acids is 1. The van der Waals surface area contributed by atoms with Crippen molar-refractivity contribution in [2.45, 2.75) is 0 Å². The SMILES string of the molecule is Nc1cc[nH]n1.O=C(O)c1ccccc1. The zero-order valence-corrected chi connectivity index (χ0v) is 7.92. The lowest BCUT2D eigenvalue weighted by Crippen LogP contribution is -1.93. The van der Waals surface area contributed by atoms with E-state index in [0.717, 1.165) is 0 Å². The molecule has 1 aromatic carbocycles. The van der Waals surface area contributed by atoms with Gasteiger partial charge < -0.3 is 10.8 Å². The fourth-order valence-electron chi connectivity index (χ4n) is 0.852. The minimum atomic E-state index is -0.879. The van der Waals surface area contributed by atoms with Crippen LogP contribution in [0.5, 0.6) is 0 Å². The number of carboxylic acids is 1. The summed E-state index contributed by atoms with van der Waals surface area (Å²) in [6, 6.07) is 9.99. The van der Waals surface area contributed by atoms with Crippen molar-refractivity contribution in [3.8, 4) is 0 Å². The first-order valence-electron chi connectivity index (χ1n) is 4.23. The summed E-state index contributed by atoms with van der Waals surface area (Å²) in [6.45, 7) is 0. The van der Waals surface area contributed by atoms with E-state index in [1.165, 1.54) is 0 Å². The molecule has 15 heavy (non-hydrogen) atoms. The molecule has 4 N–H and O–H groups in total. The number of nitrogens with zero attached hydrogens (tertiary/aromatic N) is 1. The summed E-state index contributed by atoms with van der Waals surface area (Å²) in [6.07, 6.45) is 1.68. The maximum atomic E-state index is 10.2. The lowest BCUT2D eigenvalue weighted by atomic mass is 10.2. The van der Waals surface area contributed by atoms with Crippen LogP contribution in [-0.2, 0) is 0 Å². The summed E-state index contributed by atoms with van der Waals surface area (Å²) in [5.41, 5.74) is 5.47. The molecule has 5 nitrogen and oxygen atoms in total. The summed E-state index contributed by atoms with van der Waals surface area (Å²) in [5.74, 6) is -0.342. The third kappa shape index (κ3) is 3.95. The number of nitrogens with one attached hydrogen (secondary N) is 1. The van der Waals surface area contributed by atoms with Crippen molar-refractivity contribution in [2.24, 2.45) is 0 Å². The van der Waals surface area contributed by atoms with E-state index in [1.807, 2.05) is 0 Å². The molecule has 0 radical (unpaired) electrons. The lowest BCUT2D eigenvalue weighted by molar-refractivity contribution is 0.0697. The molecule has 0 aliphatic rings. The number of carbonyl (C=O) groups is 1. The van der Waals surface area contributed by atoms with Gasteiger partial charge in [-0.3, -0.25) is 5.10 Å². The minimum Gasteiger partial charge on any atom is -0.478 e. The van der Waals surface area contributed by atoms with Crippen molar-refractivity contribution in [1.29, 1.82) is 0 Å². The Labute approximate surface area is 86.6 Å². The first kappa shape index (κ1) is 10.8. The summed E-state index contributed by atoms with van der Waals surface area (Å²) in [5, 5.41) is 14.5. The fraction of sp³-hybridized carbons (Fsp3) is 0. The second-order valence-electron chi connectivity index (χ2n) is 2.67. The first-order valence-corrected chi connectivity index (χ1v) is 4.23. The maximum Gasteiger partial charge on any atom is 0.335 e. The first-order chi connectivity index (χ1) is 7.20. The van der Waals surface area contributed by atoms with Gasteiger partial charge in [0.25, 0.3) is 0 Å². The van der Waals surface area contributed by atoms with Gasteiger partial charge in [0.2, 0.25) is 0 Å². The Balaban J connectivity index is 0.000000162. The Morgan fingerprint density at radius 2 is 1.93 bits per heavy atom. The number of benzene rings is 1. The molecule has 0 saturated heterocycles. The zero-order valence-electron chi connectivity index (χ0n) is 7.92. The van der Waals surface area contributed by atoms with Gasteiger partial charge in [0.05, 0.1) is 5.56 Å². The molecule has 0 saturated carbocycles. The summed E-state index contributed by atoms with van der Waals surface area (Å²) in [7, 11) is 0. The molecule has 78 valence electrons. The third-order valence-electron chi connectivity index (χ3n) is 1.54. The summed E-state index contributed by atoms with van der Waals surface area (Å²) in [4.78, 5) is 10.2. The van der Waals surface area contributed by atoms with E-state index in [9.17, 15) is 4.79 Å². The number of aromatic amines is 1. The van der Waals surface area contributed by atoms with Crippen molar-refractivity contribution < 1.29 is 9.90 Å². The average molecular weight is 205 g/mol. The van der Waals surface area contributed by atoms with Crippen molar-refractivity contribution in [3.63, 3.8) is 0 Å². The highest BCUT2D eigenvalue weighted by Gasteiger charge is 1.96. The van der Waals surface area contributed by atoms with Crippen molar-refractivity contribution in [2.75, 3.05) is 5.73 Å². The van der Waals surface area contributed by atoms with E-state index in [4.69, 9.17) is 10.8 Å². The number of hydrogen-bond acceptors (Lipinski definition) is 3. The van der Waals surface area contributed by atoms with E-state index >= 15 is 0 Å². The van der Waals surface area contributed by atoms with Crippen molar-refractivity contribution >= 4 is 11.8 Å². The predicted octanol–water partition coefficient (Wildman–Crippen LogP) is 1.38. The second kappa shape index (κ2) is 5.43. The van der Waals surface area contributed by atoms with Crippen LogP contribution in [0.15, 0.2) is 42.6 Å². The highest BCUT2D eigenvalue weighted by molar-refractivity contribution is 5.87. The number of carboxylic acid groups (broad SMARTS) is 1. The van der Waals surface area contributed by atoms with Crippen LogP contribution in [0.25, 0.3) is 0 Å². The topological polar surface area (TPSA) is 92.0 Å². The Morgan fingerprint density at radius 1 is 1.27 bits per heavy atom. The predicted molar refractivity (Wildman–Crippen MR) is 56.4 cm³/mol. The largest absolute Gasteiger partial charge is 0.478 e. The van der Waals surface area contributed by atoms with Crippen LogP contribution in [-0.4, -0.2) is 21.3 Å². The molecule has 0 amide bonds. The van der Waals surface area contributed by atoms with Gasteiger partial charge in [-0.2, -0.15) is 5.10 Å². The van der Waals surface area contributed by atoms with Crippen LogP contribution in [0.3, 0.4) is 0 Å². The molecular weight excluding hydrogens is 194 g/mol. The standard InChI is InChI=1S/C7H6O2.C3H5N3/c8-7(9)6-4-2-1-3-5-6;4-3-1-2-5-6-3/h1-5H,(H,8,9);1-2H,(H3,4,5,6). The summed E-state index contributed by atoms with van der Waals surface area (Å²) < 4.78 is 0. The monoisotopic (exact) mass is 205 g/mol. The van der Waals surface area contributed by atoms with E-state index in [-0.39, 0.29) is 0 Å². The van der Waals surface area contributed by atoms with Crippen molar-refractivity contribution in [1.82, 2.24) is 10.2 Å². The van der Waals surface area contributed by atoms with E-state index in [0.29, 0.717) is 11.4 Å². The van der Waals surface area contributed by atoms with Crippen LogP contribution >= 0.6 is 0 Å². The molecule has 0 spiro atoms. The van der Waals surface area contributed by atoms with E-state index in [2.05, 4.69) is 10.2 Å². The number of nitrogen functional groups attached to an aromatic ring is 1. The van der Waals surface area contributed by atoms with Gasteiger partial charge >= 0.3 is 5.97 Å². The highest BCUT2D eigenvalue weighted by atomic mass is 16.4.